The number of hydrogen-bond donors (Lipinski definition) is 0. The van der Waals surface area contributed by atoms with E-state index in [4.69, 9.17) is 9.47 Å². The third kappa shape index (κ3) is 2.84. The molecule has 21 heavy (non-hydrogen) atoms. The van der Waals surface area contributed by atoms with Gasteiger partial charge >= 0.3 is 0 Å². The third-order valence-corrected chi connectivity index (χ3v) is 3.52. The summed E-state index contributed by atoms with van der Waals surface area (Å²) in [6.45, 7) is 2.58. The summed E-state index contributed by atoms with van der Waals surface area (Å²) in [5.74, 6) is 1.38. The molecule has 2 aromatic carbocycles. The number of ether oxygens (including phenoxy) is 2. The zero-order valence-corrected chi connectivity index (χ0v) is 12.1. The van der Waals surface area contributed by atoms with E-state index >= 15 is 0 Å². The molecule has 0 amide bonds. The van der Waals surface area contributed by atoms with E-state index in [2.05, 4.69) is 6.07 Å². The van der Waals surface area contributed by atoms with E-state index < -0.39 is 0 Å². The van der Waals surface area contributed by atoms with Crippen molar-refractivity contribution in [1.82, 2.24) is 0 Å². The molecule has 0 aliphatic carbocycles. The first kappa shape index (κ1) is 13.5. The zero-order valence-electron chi connectivity index (χ0n) is 12.1. The molecule has 0 unspecified atom stereocenters. The molecule has 0 atom stereocenters. The number of anilines is 1. The molecule has 0 spiro atoms. The van der Waals surface area contributed by atoms with Crippen LogP contribution in [0.2, 0.25) is 0 Å². The zero-order chi connectivity index (χ0) is 14.8. The van der Waals surface area contributed by atoms with Crippen LogP contribution in [0.3, 0.4) is 0 Å². The lowest BCUT2D eigenvalue weighted by Crippen LogP contribution is -2.25. The van der Waals surface area contributed by atoms with E-state index in [1.807, 2.05) is 37.1 Å². The van der Waals surface area contributed by atoms with Crippen LogP contribution in [0.15, 0.2) is 42.5 Å². The predicted molar refractivity (Wildman–Crippen MR) is 81.3 cm³/mol. The van der Waals surface area contributed by atoms with Gasteiger partial charge in [-0.1, -0.05) is 12.1 Å². The number of nitrogens with zero attached hydrogens (tertiary/aromatic N) is 1. The van der Waals surface area contributed by atoms with Crippen molar-refractivity contribution in [3.05, 3.63) is 53.6 Å². The highest BCUT2D eigenvalue weighted by molar-refractivity contribution is 5.99. The molecule has 0 saturated heterocycles. The van der Waals surface area contributed by atoms with Gasteiger partial charge in [0.1, 0.15) is 0 Å². The first-order valence-electron chi connectivity index (χ1n) is 6.84. The first-order chi connectivity index (χ1) is 10.1. The molecule has 1 aliphatic heterocycles. The van der Waals surface area contributed by atoms with Crippen LogP contribution in [-0.2, 0) is 0 Å². The number of carbonyl (C=O) groups excluding carboxylic acids is 1. The van der Waals surface area contributed by atoms with Crippen LogP contribution in [0.5, 0.6) is 11.5 Å². The largest absolute Gasteiger partial charge is 0.454 e. The number of aryl methyl sites for hydroxylation is 1. The van der Waals surface area contributed by atoms with Crippen molar-refractivity contribution in [3.63, 3.8) is 0 Å². The maximum absolute atomic E-state index is 12.4. The summed E-state index contributed by atoms with van der Waals surface area (Å²) in [4.78, 5) is 14.3. The molecule has 4 heteroatoms. The summed E-state index contributed by atoms with van der Waals surface area (Å²) in [6.07, 6.45) is 0. The van der Waals surface area contributed by atoms with E-state index in [-0.39, 0.29) is 12.6 Å². The predicted octanol–water partition coefficient (Wildman–Crippen LogP) is 3.04. The summed E-state index contributed by atoms with van der Waals surface area (Å²) in [5, 5.41) is 0. The molecule has 1 aliphatic rings. The van der Waals surface area contributed by atoms with E-state index in [0.717, 1.165) is 5.69 Å². The van der Waals surface area contributed by atoms with Gasteiger partial charge in [0.05, 0.1) is 6.54 Å². The number of benzene rings is 2. The standard InChI is InChI=1S/C17H17NO3/c1-12-4-3-5-14(8-12)18(2)10-15(19)13-6-7-16-17(9-13)21-11-20-16/h3-9H,10-11H2,1-2H3. The van der Waals surface area contributed by atoms with Crippen LogP contribution in [0.25, 0.3) is 0 Å². The van der Waals surface area contributed by atoms with Crippen LogP contribution in [0, 0.1) is 6.92 Å². The molecule has 2 aromatic rings. The fraction of sp³-hybridized carbons (Fsp3) is 0.235. The first-order valence-corrected chi connectivity index (χ1v) is 6.84. The minimum absolute atomic E-state index is 0.0531. The Kier molecular flexibility index (Phi) is 3.52. The normalized spacial score (nSPS) is 12.3. The summed E-state index contributed by atoms with van der Waals surface area (Å²) in [5.41, 5.74) is 2.85. The molecule has 0 N–H and O–H groups in total. The lowest BCUT2D eigenvalue weighted by atomic mass is 10.1. The SMILES string of the molecule is Cc1cccc(N(C)CC(=O)c2ccc3c(c2)OCO3)c1. The Hall–Kier alpha value is -2.49. The van der Waals surface area contributed by atoms with Crippen molar-refractivity contribution < 1.29 is 14.3 Å². The number of hydrogen-bond acceptors (Lipinski definition) is 4. The lowest BCUT2D eigenvalue weighted by molar-refractivity contribution is 0.1000. The quantitative estimate of drug-likeness (QED) is 0.808. The average Bonchev–Trinajstić information content (AvgIpc) is 2.94. The minimum atomic E-state index is 0.0531. The number of fused-ring (bicyclic) bond motifs is 1. The Morgan fingerprint density at radius 3 is 2.76 bits per heavy atom. The maximum atomic E-state index is 12.4. The molecule has 4 nitrogen and oxygen atoms in total. The average molecular weight is 283 g/mol. The maximum Gasteiger partial charge on any atom is 0.231 e. The van der Waals surface area contributed by atoms with Crippen molar-refractivity contribution in [2.45, 2.75) is 6.92 Å². The Morgan fingerprint density at radius 1 is 1.14 bits per heavy atom. The highest BCUT2D eigenvalue weighted by Crippen LogP contribution is 2.32. The summed E-state index contributed by atoms with van der Waals surface area (Å²) >= 11 is 0. The van der Waals surface area contributed by atoms with E-state index in [1.165, 1.54) is 5.56 Å². The van der Waals surface area contributed by atoms with Gasteiger partial charge in [-0.3, -0.25) is 4.79 Å². The van der Waals surface area contributed by atoms with Crippen molar-refractivity contribution in [2.24, 2.45) is 0 Å². The van der Waals surface area contributed by atoms with Crippen LogP contribution in [0.4, 0.5) is 5.69 Å². The number of Topliss-reactive ketones (excluding diaryl/α,β-unsaturated/α-hetero) is 1. The highest BCUT2D eigenvalue weighted by Gasteiger charge is 2.17. The fourth-order valence-corrected chi connectivity index (χ4v) is 2.33. The van der Waals surface area contributed by atoms with Gasteiger partial charge in [-0.15, -0.1) is 0 Å². The number of carbonyl (C=O) groups is 1. The number of ketones is 1. The van der Waals surface area contributed by atoms with Gasteiger partial charge < -0.3 is 14.4 Å². The topological polar surface area (TPSA) is 38.8 Å². The molecule has 0 radical (unpaired) electrons. The van der Waals surface area contributed by atoms with Crippen LogP contribution in [0.1, 0.15) is 15.9 Å². The number of likely N-dealkylation sites (N-methyl/N-ethyl adjacent to an activating group) is 1. The van der Waals surface area contributed by atoms with Crippen molar-refractivity contribution >= 4 is 11.5 Å². The van der Waals surface area contributed by atoms with Gasteiger partial charge in [0.15, 0.2) is 17.3 Å². The Morgan fingerprint density at radius 2 is 1.95 bits per heavy atom. The lowest BCUT2D eigenvalue weighted by Gasteiger charge is -2.19. The number of rotatable bonds is 4. The molecule has 0 bridgehead atoms. The van der Waals surface area contributed by atoms with E-state index in [0.29, 0.717) is 23.6 Å². The summed E-state index contributed by atoms with van der Waals surface area (Å²) in [6, 6.07) is 13.4. The summed E-state index contributed by atoms with van der Waals surface area (Å²) in [7, 11) is 1.92. The Labute approximate surface area is 123 Å². The van der Waals surface area contributed by atoms with Crippen LogP contribution < -0.4 is 14.4 Å². The highest BCUT2D eigenvalue weighted by atomic mass is 16.7. The molecule has 108 valence electrons. The van der Waals surface area contributed by atoms with Gasteiger partial charge in [-0.25, -0.2) is 0 Å². The summed E-state index contributed by atoms with van der Waals surface area (Å²) < 4.78 is 10.6. The molecule has 0 saturated carbocycles. The van der Waals surface area contributed by atoms with Gasteiger partial charge in [0.25, 0.3) is 0 Å². The van der Waals surface area contributed by atoms with Gasteiger partial charge in [-0.2, -0.15) is 0 Å². The van der Waals surface area contributed by atoms with Gasteiger partial charge in [0.2, 0.25) is 6.79 Å². The third-order valence-electron chi connectivity index (χ3n) is 3.52. The molecule has 3 rings (SSSR count). The Balaban J connectivity index is 1.74. The van der Waals surface area contributed by atoms with Gasteiger partial charge in [0, 0.05) is 18.3 Å². The van der Waals surface area contributed by atoms with Gasteiger partial charge in [-0.05, 0) is 42.8 Å². The molecule has 0 aromatic heterocycles. The van der Waals surface area contributed by atoms with E-state index in [1.54, 1.807) is 18.2 Å². The van der Waals surface area contributed by atoms with Crippen LogP contribution >= 0.6 is 0 Å². The fourth-order valence-electron chi connectivity index (χ4n) is 2.33. The monoisotopic (exact) mass is 283 g/mol. The van der Waals surface area contributed by atoms with Crippen molar-refractivity contribution in [2.75, 3.05) is 25.3 Å². The van der Waals surface area contributed by atoms with Crippen molar-refractivity contribution in [3.8, 4) is 11.5 Å². The second-order valence-electron chi connectivity index (χ2n) is 5.19. The second kappa shape index (κ2) is 5.48. The molecule has 0 fully saturated rings. The van der Waals surface area contributed by atoms with Crippen LogP contribution in [-0.4, -0.2) is 26.2 Å². The second-order valence-corrected chi connectivity index (χ2v) is 5.19. The minimum Gasteiger partial charge on any atom is -0.454 e. The van der Waals surface area contributed by atoms with E-state index in [9.17, 15) is 4.79 Å². The smallest absolute Gasteiger partial charge is 0.231 e. The molecule has 1 heterocycles. The van der Waals surface area contributed by atoms with Crippen molar-refractivity contribution in [1.29, 1.82) is 0 Å². The molecular formula is C17H17NO3. The Bertz CT molecular complexity index is 681. The molecular weight excluding hydrogens is 266 g/mol.